The van der Waals surface area contributed by atoms with Gasteiger partial charge in [0.25, 0.3) is 5.56 Å². The van der Waals surface area contributed by atoms with Gasteiger partial charge in [-0.3, -0.25) is 19.1 Å². The number of aromatic hydroxyl groups is 1. The number of rotatable bonds is 7. The van der Waals surface area contributed by atoms with E-state index in [1.165, 1.54) is 26.2 Å². The summed E-state index contributed by atoms with van der Waals surface area (Å²) in [6.45, 7) is 3.56. The molecule has 1 aromatic carbocycles. The van der Waals surface area contributed by atoms with Crippen molar-refractivity contribution >= 4 is 11.6 Å². The van der Waals surface area contributed by atoms with Crippen LogP contribution in [0.15, 0.2) is 32.9 Å². The van der Waals surface area contributed by atoms with Crippen LogP contribution >= 0.6 is 0 Å². The number of unbranched alkanes of at least 4 members (excludes halogenated alkanes) is 1. The number of aromatic amines is 1. The molecule has 2 aromatic rings. The SMILES string of the molecule is CCCCn1c(O)c(C2=NN(C(C)=O)[C@H](c3cc(OC)ccc3OC)C2)c(=O)[nH]c1=O. The highest BCUT2D eigenvalue weighted by Crippen LogP contribution is 2.39. The fourth-order valence-electron chi connectivity index (χ4n) is 3.64. The predicted octanol–water partition coefficient (Wildman–Crippen LogP) is 1.76. The third-order valence-corrected chi connectivity index (χ3v) is 5.22. The molecule has 0 fully saturated rings. The van der Waals surface area contributed by atoms with E-state index in [1.807, 2.05) is 6.92 Å². The lowest BCUT2D eigenvalue weighted by atomic mass is 9.98. The molecule has 0 aliphatic carbocycles. The minimum absolute atomic E-state index is 0.119. The zero-order chi connectivity index (χ0) is 22.7. The first-order valence-corrected chi connectivity index (χ1v) is 9.98. The zero-order valence-corrected chi connectivity index (χ0v) is 18.0. The number of carbonyl (C=O) groups excluding carboxylic acids is 1. The van der Waals surface area contributed by atoms with Gasteiger partial charge in [-0.1, -0.05) is 13.3 Å². The quantitative estimate of drug-likeness (QED) is 0.689. The van der Waals surface area contributed by atoms with Gasteiger partial charge < -0.3 is 14.6 Å². The van der Waals surface area contributed by atoms with Gasteiger partial charge in [0.05, 0.1) is 26.0 Å². The van der Waals surface area contributed by atoms with Crippen molar-refractivity contribution in [2.45, 2.75) is 45.7 Å². The van der Waals surface area contributed by atoms with Crippen LogP contribution in [0.4, 0.5) is 0 Å². The number of benzene rings is 1. The zero-order valence-electron chi connectivity index (χ0n) is 18.0. The first-order valence-electron chi connectivity index (χ1n) is 9.98. The number of methoxy groups -OCH3 is 2. The molecule has 0 radical (unpaired) electrons. The first-order chi connectivity index (χ1) is 14.8. The molecule has 10 nitrogen and oxygen atoms in total. The van der Waals surface area contributed by atoms with Crippen LogP contribution in [0.3, 0.4) is 0 Å². The minimum atomic E-state index is -0.754. The van der Waals surface area contributed by atoms with Gasteiger partial charge in [-0.15, -0.1) is 0 Å². The van der Waals surface area contributed by atoms with E-state index >= 15 is 0 Å². The third-order valence-electron chi connectivity index (χ3n) is 5.22. The number of hydrazone groups is 1. The molecule has 1 atom stereocenters. The average molecular weight is 430 g/mol. The number of H-pyrrole nitrogens is 1. The number of aromatic nitrogens is 2. The molecule has 2 heterocycles. The van der Waals surface area contributed by atoms with Gasteiger partial charge >= 0.3 is 5.69 Å². The minimum Gasteiger partial charge on any atom is -0.497 e. The maximum absolute atomic E-state index is 12.6. The highest BCUT2D eigenvalue weighted by atomic mass is 16.5. The van der Waals surface area contributed by atoms with Crippen molar-refractivity contribution in [1.82, 2.24) is 14.6 Å². The van der Waals surface area contributed by atoms with Crippen molar-refractivity contribution in [2.24, 2.45) is 5.10 Å². The number of nitrogens with one attached hydrogen (secondary N) is 1. The van der Waals surface area contributed by atoms with Gasteiger partial charge in [-0.2, -0.15) is 5.10 Å². The molecule has 31 heavy (non-hydrogen) atoms. The Morgan fingerprint density at radius 3 is 2.65 bits per heavy atom. The molecule has 1 aliphatic rings. The summed E-state index contributed by atoms with van der Waals surface area (Å²) in [6, 6.07) is 4.62. The first kappa shape index (κ1) is 22.1. The van der Waals surface area contributed by atoms with Crippen LogP contribution in [0.1, 0.15) is 50.3 Å². The Balaban J connectivity index is 2.10. The Morgan fingerprint density at radius 1 is 1.29 bits per heavy atom. The van der Waals surface area contributed by atoms with Crippen molar-refractivity contribution in [3.8, 4) is 17.4 Å². The topological polar surface area (TPSA) is 126 Å². The van der Waals surface area contributed by atoms with Crippen LogP contribution in [-0.2, 0) is 11.3 Å². The molecule has 1 aliphatic heterocycles. The molecular weight excluding hydrogens is 404 g/mol. The number of nitrogens with zero attached hydrogens (tertiary/aromatic N) is 3. The largest absolute Gasteiger partial charge is 0.497 e. The summed E-state index contributed by atoms with van der Waals surface area (Å²) >= 11 is 0. The summed E-state index contributed by atoms with van der Waals surface area (Å²) < 4.78 is 11.9. The van der Waals surface area contributed by atoms with Gasteiger partial charge in [-0.05, 0) is 24.6 Å². The molecule has 166 valence electrons. The van der Waals surface area contributed by atoms with E-state index in [1.54, 1.807) is 18.2 Å². The van der Waals surface area contributed by atoms with Gasteiger partial charge in [0.1, 0.15) is 17.1 Å². The van der Waals surface area contributed by atoms with Crippen molar-refractivity contribution in [3.63, 3.8) is 0 Å². The molecule has 0 bridgehead atoms. The lowest BCUT2D eigenvalue weighted by Crippen LogP contribution is -2.33. The molecule has 3 rings (SSSR count). The Bertz CT molecular complexity index is 1130. The van der Waals surface area contributed by atoms with E-state index in [4.69, 9.17) is 9.47 Å². The lowest BCUT2D eigenvalue weighted by Gasteiger charge is -2.22. The summed E-state index contributed by atoms with van der Waals surface area (Å²) in [6.07, 6.45) is 1.59. The van der Waals surface area contributed by atoms with Gasteiger partial charge in [0.2, 0.25) is 11.8 Å². The van der Waals surface area contributed by atoms with E-state index < -0.39 is 23.2 Å². The molecule has 0 saturated carbocycles. The number of hydrogen-bond acceptors (Lipinski definition) is 7. The Morgan fingerprint density at radius 2 is 2.03 bits per heavy atom. The summed E-state index contributed by atoms with van der Waals surface area (Å²) in [4.78, 5) is 39.3. The van der Waals surface area contributed by atoms with E-state index in [2.05, 4.69) is 10.1 Å². The smallest absolute Gasteiger partial charge is 0.331 e. The van der Waals surface area contributed by atoms with E-state index in [0.717, 1.165) is 11.0 Å². The van der Waals surface area contributed by atoms with E-state index in [0.29, 0.717) is 23.5 Å². The summed E-state index contributed by atoms with van der Waals surface area (Å²) in [5.74, 6) is 0.295. The normalized spacial score (nSPS) is 15.7. The van der Waals surface area contributed by atoms with Gasteiger partial charge in [-0.25, -0.2) is 9.80 Å². The third kappa shape index (κ3) is 4.18. The van der Waals surface area contributed by atoms with E-state index in [-0.39, 0.29) is 30.1 Å². The van der Waals surface area contributed by atoms with Crippen LogP contribution in [0, 0.1) is 0 Å². The molecular formula is C21H26N4O6. The van der Waals surface area contributed by atoms with Gasteiger partial charge in [0, 0.05) is 25.5 Å². The summed E-state index contributed by atoms with van der Waals surface area (Å²) in [5, 5.41) is 16.3. The number of ether oxygens (including phenoxy) is 2. The van der Waals surface area contributed by atoms with Crippen molar-refractivity contribution < 1.29 is 19.4 Å². The highest BCUT2D eigenvalue weighted by molar-refractivity contribution is 6.04. The van der Waals surface area contributed by atoms with Crippen molar-refractivity contribution in [1.29, 1.82) is 0 Å². The highest BCUT2D eigenvalue weighted by Gasteiger charge is 2.36. The lowest BCUT2D eigenvalue weighted by molar-refractivity contribution is -0.130. The maximum atomic E-state index is 12.6. The molecule has 2 N–H and O–H groups in total. The van der Waals surface area contributed by atoms with Gasteiger partial charge in [0.15, 0.2) is 0 Å². The van der Waals surface area contributed by atoms with Crippen LogP contribution in [0.25, 0.3) is 0 Å². The Labute approximate surface area is 178 Å². The fraction of sp³-hybridized carbons (Fsp3) is 0.429. The summed E-state index contributed by atoms with van der Waals surface area (Å²) in [5.41, 5.74) is -0.713. The molecule has 1 amide bonds. The summed E-state index contributed by atoms with van der Waals surface area (Å²) in [7, 11) is 3.04. The molecule has 0 spiro atoms. The maximum Gasteiger partial charge on any atom is 0.331 e. The number of hydrogen-bond donors (Lipinski definition) is 2. The van der Waals surface area contributed by atoms with Crippen LogP contribution in [-0.4, -0.2) is 45.5 Å². The molecule has 0 unspecified atom stereocenters. The second kappa shape index (κ2) is 9.07. The average Bonchev–Trinajstić information content (AvgIpc) is 3.18. The van der Waals surface area contributed by atoms with Crippen LogP contribution in [0.2, 0.25) is 0 Å². The van der Waals surface area contributed by atoms with Crippen molar-refractivity contribution in [3.05, 3.63) is 50.2 Å². The Hall–Kier alpha value is -3.56. The second-order valence-electron chi connectivity index (χ2n) is 7.20. The number of amides is 1. The second-order valence-corrected chi connectivity index (χ2v) is 7.20. The van der Waals surface area contributed by atoms with E-state index in [9.17, 15) is 19.5 Å². The molecule has 1 aromatic heterocycles. The van der Waals surface area contributed by atoms with Crippen LogP contribution < -0.4 is 20.7 Å². The van der Waals surface area contributed by atoms with Crippen molar-refractivity contribution in [2.75, 3.05) is 14.2 Å². The molecule has 10 heteroatoms. The predicted molar refractivity (Wildman–Crippen MR) is 114 cm³/mol. The van der Waals surface area contributed by atoms with Crippen LogP contribution in [0.5, 0.6) is 17.4 Å². The molecule has 0 saturated heterocycles. The fourth-order valence-corrected chi connectivity index (χ4v) is 3.64. The standard InChI is InChI=1S/C21H26N4O6/c1-5-6-9-24-20(28)18(19(27)22-21(24)29)15-11-16(25(23-15)12(2)26)14-10-13(30-3)7-8-17(14)31-4/h7-8,10,16,28H,5-6,9,11H2,1-4H3,(H,22,27,29)/t16-/m0/s1. The number of carbonyl (C=O) groups is 1. The monoisotopic (exact) mass is 430 g/mol. The Kier molecular flexibility index (Phi) is 6.47.